The minimum atomic E-state index is -3.50. The molecule has 0 aliphatic carbocycles. The SMILES string of the molecule is COC(COCc1ccccc1)C(CCOS(C)(=O)=O)OCc1ccccc1. The van der Waals surface area contributed by atoms with Crippen molar-refractivity contribution in [2.45, 2.75) is 31.8 Å². The Hall–Kier alpha value is -1.77. The summed E-state index contributed by atoms with van der Waals surface area (Å²) in [6, 6.07) is 19.6. The monoisotopic (exact) mass is 408 g/mol. The fraction of sp³-hybridized carbons (Fsp3) is 0.429. The first-order chi connectivity index (χ1) is 13.5. The topological polar surface area (TPSA) is 71.1 Å². The number of ether oxygens (including phenoxy) is 3. The van der Waals surface area contributed by atoms with Gasteiger partial charge in [0.25, 0.3) is 10.1 Å². The van der Waals surface area contributed by atoms with Crippen LogP contribution in [0.4, 0.5) is 0 Å². The Morgan fingerprint density at radius 3 is 1.96 bits per heavy atom. The fourth-order valence-electron chi connectivity index (χ4n) is 2.66. The molecule has 0 heterocycles. The van der Waals surface area contributed by atoms with Gasteiger partial charge in [0, 0.05) is 13.5 Å². The second-order valence-corrected chi connectivity index (χ2v) is 8.07. The Bertz CT molecular complexity index is 764. The number of hydrogen-bond acceptors (Lipinski definition) is 6. The molecule has 28 heavy (non-hydrogen) atoms. The lowest BCUT2D eigenvalue weighted by molar-refractivity contribution is -0.102. The molecule has 0 aliphatic rings. The molecular formula is C21H28O6S. The van der Waals surface area contributed by atoms with Crippen molar-refractivity contribution in [3.05, 3.63) is 71.8 Å². The molecule has 2 aromatic rings. The summed E-state index contributed by atoms with van der Waals surface area (Å²) in [5.41, 5.74) is 2.09. The lowest BCUT2D eigenvalue weighted by Crippen LogP contribution is -2.36. The average molecular weight is 409 g/mol. The summed E-state index contributed by atoms with van der Waals surface area (Å²) in [7, 11) is -1.91. The third-order valence-electron chi connectivity index (χ3n) is 4.12. The first-order valence-corrected chi connectivity index (χ1v) is 10.9. The summed E-state index contributed by atoms with van der Waals surface area (Å²) in [6.45, 7) is 1.20. The molecule has 0 aromatic heterocycles. The van der Waals surface area contributed by atoms with Crippen LogP contribution in [0, 0.1) is 0 Å². The maximum atomic E-state index is 11.2. The molecule has 0 saturated heterocycles. The molecule has 0 radical (unpaired) electrons. The molecular weight excluding hydrogens is 380 g/mol. The standard InChI is InChI=1S/C21H28O6S/c1-24-21(17-25-15-18-9-5-3-6-10-18)20(13-14-27-28(2,22)23)26-16-19-11-7-4-8-12-19/h3-12,20-21H,13-17H2,1-2H3. The highest BCUT2D eigenvalue weighted by Crippen LogP contribution is 2.14. The van der Waals surface area contributed by atoms with E-state index in [2.05, 4.69) is 0 Å². The molecule has 0 spiro atoms. The molecule has 0 bridgehead atoms. The van der Waals surface area contributed by atoms with E-state index in [9.17, 15) is 8.42 Å². The van der Waals surface area contributed by atoms with Gasteiger partial charge in [-0.15, -0.1) is 0 Å². The molecule has 2 aromatic carbocycles. The van der Waals surface area contributed by atoms with Crippen LogP contribution in [0.15, 0.2) is 60.7 Å². The molecule has 154 valence electrons. The van der Waals surface area contributed by atoms with Crippen molar-refractivity contribution in [2.24, 2.45) is 0 Å². The predicted octanol–water partition coefficient (Wildman–Crippen LogP) is 3.17. The zero-order chi connectivity index (χ0) is 20.2. The van der Waals surface area contributed by atoms with Crippen molar-refractivity contribution >= 4 is 10.1 Å². The number of methoxy groups -OCH3 is 1. The first-order valence-electron chi connectivity index (χ1n) is 9.12. The third kappa shape index (κ3) is 8.95. The zero-order valence-electron chi connectivity index (χ0n) is 16.3. The van der Waals surface area contributed by atoms with Crippen molar-refractivity contribution in [2.75, 3.05) is 26.6 Å². The van der Waals surface area contributed by atoms with Crippen molar-refractivity contribution in [1.29, 1.82) is 0 Å². The lowest BCUT2D eigenvalue weighted by Gasteiger charge is -2.26. The molecule has 0 N–H and O–H groups in total. The highest BCUT2D eigenvalue weighted by atomic mass is 32.2. The third-order valence-corrected chi connectivity index (χ3v) is 4.71. The smallest absolute Gasteiger partial charge is 0.264 e. The van der Waals surface area contributed by atoms with Crippen LogP contribution in [0.5, 0.6) is 0 Å². The maximum Gasteiger partial charge on any atom is 0.264 e. The first kappa shape index (κ1) is 22.5. The van der Waals surface area contributed by atoms with Crippen LogP contribution in [0.2, 0.25) is 0 Å². The normalized spacial score (nSPS) is 13.9. The van der Waals surface area contributed by atoms with Gasteiger partial charge >= 0.3 is 0 Å². The average Bonchev–Trinajstić information content (AvgIpc) is 2.69. The van der Waals surface area contributed by atoms with Crippen LogP contribution >= 0.6 is 0 Å². The predicted molar refractivity (Wildman–Crippen MR) is 107 cm³/mol. The summed E-state index contributed by atoms with van der Waals surface area (Å²) < 4.78 is 44.7. The fourth-order valence-corrected chi connectivity index (χ4v) is 3.06. The Morgan fingerprint density at radius 2 is 1.43 bits per heavy atom. The molecule has 0 aliphatic heterocycles. The minimum absolute atomic E-state index is 0.0246. The van der Waals surface area contributed by atoms with Gasteiger partial charge in [-0.3, -0.25) is 4.18 Å². The maximum absolute atomic E-state index is 11.2. The van der Waals surface area contributed by atoms with E-state index in [1.54, 1.807) is 7.11 Å². The Balaban J connectivity index is 1.92. The Labute approximate surface area is 167 Å². The molecule has 7 heteroatoms. The molecule has 0 saturated carbocycles. The number of rotatable bonds is 13. The summed E-state index contributed by atoms with van der Waals surface area (Å²) in [5.74, 6) is 0. The van der Waals surface area contributed by atoms with Gasteiger partial charge in [-0.25, -0.2) is 0 Å². The van der Waals surface area contributed by atoms with E-state index in [1.165, 1.54) is 0 Å². The number of hydrogen-bond donors (Lipinski definition) is 0. The van der Waals surface area contributed by atoms with Gasteiger partial charge in [0.1, 0.15) is 6.10 Å². The van der Waals surface area contributed by atoms with Crippen molar-refractivity contribution in [3.8, 4) is 0 Å². The van der Waals surface area contributed by atoms with E-state index in [4.69, 9.17) is 18.4 Å². The van der Waals surface area contributed by atoms with Crippen LogP contribution in [0.1, 0.15) is 17.5 Å². The summed E-state index contributed by atoms with van der Waals surface area (Å²) >= 11 is 0. The van der Waals surface area contributed by atoms with Gasteiger partial charge in [-0.1, -0.05) is 60.7 Å². The molecule has 0 fully saturated rings. The van der Waals surface area contributed by atoms with Gasteiger partial charge in [0.2, 0.25) is 0 Å². The minimum Gasteiger partial charge on any atom is -0.376 e. The van der Waals surface area contributed by atoms with E-state index in [1.807, 2.05) is 60.7 Å². The second kappa shape index (κ2) is 11.9. The molecule has 2 unspecified atom stereocenters. The highest BCUT2D eigenvalue weighted by molar-refractivity contribution is 7.85. The van der Waals surface area contributed by atoms with E-state index >= 15 is 0 Å². The van der Waals surface area contributed by atoms with Gasteiger partial charge < -0.3 is 14.2 Å². The summed E-state index contributed by atoms with van der Waals surface area (Å²) in [6.07, 6.45) is 0.676. The summed E-state index contributed by atoms with van der Waals surface area (Å²) in [5, 5.41) is 0. The molecule has 6 nitrogen and oxygen atoms in total. The van der Waals surface area contributed by atoms with Crippen LogP contribution in [-0.4, -0.2) is 47.2 Å². The van der Waals surface area contributed by atoms with Gasteiger partial charge in [0.05, 0.1) is 38.8 Å². The largest absolute Gasteiger partial charge is 0.376 e. The van der Waals surface area contributed by atoms with E-state index < -0.39 is 10.1 Å². The molecule has 0 amide bonds. The lowest BCUT2D eigenvalue weighted by atomic mass is 10.1. The zero-order valence-corrected chi connectivity index (χ0v) is 17.1. The van der Waals surface area contributed by atoms with Gasteiger partial charge in [0.15, 0.2) is 0 Å². The van der Waals surface area contributed by atoms with E-state index in [0.29, 0.717) is 26.2 Å². The highest BCUT2D eigenvalue weighted by Gasteiger charge is 2.23. The quantitative estimate of drug-likeness (QED) is 0.474. The van der Waals surface area contributed by atoms with Crippen LogP contribution in [0.3, 0.4) is 0 Å². The number of benzene rings is 2. The Morgan fingerprint density at radius 1 is 0.857 bits per heavy atom. The summed E-state index contributed by atoms with van der Waals surface area (Å²) in [4.78, 5) is 0. The van der Waals surface area contributed by atoms with Gasteiger partial charge in [-0.05, 0) is 11.1 Å². The van der Waals surface area contributed by atoms with Crippen molar-refractivity contribution in [3.63, 3.8) is 0 Å². The van der Waals surface area contributed by atoms with Gasteiger partial charge in [-0.2, -0.15) is 8.42 Å². The van der Waals surface area contributed by atoms with Crippen LogP contribution in [-0.2, 0) is 41.7 Å². The Kier molecular flexibility index (Phi) is 9.60. The van der Waals surface area contributed by atoms with Crippen LogP contribution < -0.4 is 0 Å². The molecule has 2 atom stereocenters. The second-order valence-electron chi connectivity index (χ2n) is 6.42. The van der Waals surface area contributed by atoms with Crippen molar-refractivity contribution < 1.29 is 26.8 Å². The van der Waals surface area contributed by atoms with Crippen LogP contribution in [0.25, 0.3) is 0 Å². The molecule has 2 rings (SSSR count). The van der Waals surface area contributed by atoms with E-state index in [-0.39, 0.29) is 18.8 Å². The van der Waals surface area contributed by atoms with E-state index in [0.717, 1.165) is 17.4 Å². The van der Waals surface area contributed by atoms with Crippen molar-refractivity contribution in [1.82, 2.24) is 0 Å².